The first-order chi connectivity index (χ1) is 10.0. The SMILES string of the molecule is CCC1CC(C(=O)O)C(C(=O)N(C)CC2CCCOC2)C1. The van der Waals surface area contributed by atoms with Gasteiger partial charge < -0.3 is 14.7 Å². The Labute approximate surface area is 126 Å². The predicted octanol–water partition coefficient (Wildman–Crippen LogP) is 2.01. The number of carboxylic acid groups (broad SMARTS) is 1. The summed E-state index contributed by atoms with van der Waals surface area (Å²) < 4.78 is 5.45. The molecule has 120 valence electrons. The molecule has 0 aromatic carbocycles. The van der Waals surface area contributed by atoms with Gasteiger partial charge in [0.05, 0.1) is 18.4 Å². The van der Waals surface area contributed by atoms with Crippen LogP contribution >= 0.6 is 0 Å². The first kappa shape index (κ1) is 16.3. The molecule has 21 heavy (non-hydrogen) atoms. The quantitative estimate of drug-likeness (QED) is 0.843. The smallest absolute Gasteiger partial charge is 0.307 e. The van der Waals surface area contributed by atoms with Crippen molar-refractivity contribution in [2.75, 3.05) is 26.8 Å². The lowest BCUT2D eigenvalue weighted by Gasteiger charge is -2.29. The Kier molecular flexibility index (Phi) is 5.62. The van der Waals surface area contributed by atoms with E-state index >= 15 is 0 Å². The summed E-state index contributed by atoms with van der Waals surface area (Å²) in [5.74, 6) is -0.914. The van der Waals surface area contributed by atoms with E-state index < -0.39 is 11.9 Å². The van der Waals surface area contributed by atoms with Crippen molar-refractivity contribution in [3.05, 3.63) is 0 Å². The van der Waals surface area contributed by atoms with Crippen LogP contribution in [-0.4, -0.2) is 48.7 Å². The fourth-order valence-corrected chi connectivity index (χ4v) is 3.73. The Morgan fingerprint density at radius 2 is 1.95 bits per heavy atom. The summed E-state index contributed by atoms with van der Waals surface area (Å²) >= 11 is 0. The van der Waals surface area contributed by atoms with Crippen LogP contribution in [0.25, 0.3) is 0 Å². The molecule has 5 nitrogen and oxygen atoms in total. The van der Waals surface area contributed by atoms with E-state index in [0.29, 0.717) is 31.4 Å². The lowest BCUT2D eigenvalue weighted by atomic mass is 9.94. The van der Waals surface area contributed by atoms with Crippen molar-refractivity contribution in [3.63, 3.8) is 0 Å². The van der Waals surface area contributed by atoms with Gasteiger partial charge in [-0.15, -0.1) is 0 Å². The van der Waals surface area contributed by atoms with Gasteiger partial charge >= 0.3 is 5.97 Å². The van der Waals surface area contributed by atoms with Crippen LogP contribution in [0.1, 0.15) is 39.0 Å². The lowest BCUT2D eigenvalue weighted by Crippen LogP contribution is -2.40. The van der Waals surface area contributed by atoms with E-state index in [1.165, 1.54) is 0 Å². The van der Waals surface area contributed by atoms with Crippen molar-refractivity contribution in [1.82, 2.24) is 4.90 Å². The number of rotatable bonds is 5. The van der Waals surface area contributed by atoms with Gasteiger partial charge in [-0.3, -0.25) is 9.59 Å². The number of carbonyl (C=O) groups excluding carboxylic acids is 1. The van der Waals surface area contributed by atoms with Crippen LogP contribution in [0.5, 0.6) is 0 Å². The molecule has 1 amide bonds. The summed E-state index contributed by atoms with van der Waals surface area (Å²) in [7, 11) is 1.80. The molecule has 0 aromatic rings. The van der Waals surface area contributed by atoms with Crippen LogP contribution in [0.2, 0.25) is 0 Å². The van der Waals surface area contributed by atoms with E-state index in [4.69, 9.17) is 4.74 Å². The molecule has 1 heterocycles. The summed E-state index contributed by atoms with van der Waals surface area (Å²) in [6.45, 7) is 4.27. The summed E-state index contributed by atoms with van der Waals surface area (Å²) in [5.41, 5.74) is 0. The first-order valence-electron chi connectivity index (χ1n) is 8.08. The maximum absolute atomic E-state index is 12.6. The van der Waals surface area contributed by atoms with E-state index in [0.717, 1.165) is 32.3 Å². The number of nitrogens with zero attached hydrogens (tertiary/aromatic N) is 1. The van der Waals surface area contributed by atoms with Crippen molar-refractivity contribution in [3.8, 4) is 0 Å². The zero-order valence-corrected chi connectivity index (χ0v) is 13.1. The van der Waals surface area contributed by atoms with Crippen LogP contribution < -0.4 is 0 Å². The number of amides is 1. The van der Waals surface area contributed by atoms with Crippen molar-refractivity contribution < 1.29 is 19.4 Å². The zero-order chi connectivity index (χ0) is 15.4. The molecule has 1 N–H and O–H groups in total. The Hall–Kier alpha value is -1.10. The number of carbonyl (C=O) groups is 2. The van der Waals surface area contributed by atoms with E-state index in [9.17, 15) is 14.7 Å². The average Bonchev–Trinajstić information content (AvgIpc) is 2.92. The van der Waals surface area contributed by atoms with Gasteiger partial charge in [-0.2, -0.15) is 0 Å². The van der Waals surface area contributed by atoms with Gasteiger partial charge in [0.25, 0.3) is 0 Å². The van der Waals surface area contributed by atoms with Crippen LogP contribution in [-0.2, 0) is 14.3 Å². The fraction of sp³-hybridized carbons (Fsp3) is 0.875. The number of hydrogen-bond acceptors (Lipinski definition) is 3. The summed E-state index contributed by atoms with van der Waals surface area (Å²) in [6, 6.07) is 0. The largest absolute Gasteiger partial charge is 0.481 e. The van der Waals surface area contributed by atoms with Gasteiger partial charge in [0, 0.05) is 20.2 Å². The Balaban J connectivity index is 1.94. The first-order valence-corrected chi connectivity index (χ1v) is 8.08. The summed E-state index contributed by atoms with van der Waals surface area (Å²) in [5, 5.41) is 9.36. The number of ether oxygens (including phenoxy) is 1. The highest BCUT2D eigenvalue weighted by molar-refractivity contribution is 5.85. The van der Waals surface area contributed by atoms with Crippen LogP contribution in [0.15, 0.2) is 0 Å². The molecule has 2 fully saturated rings. The molecule has 1 aliphatic carbocycles. The number of hydrogen-bond donors (Lipinski definition) is 1. The number of carboxylic acids is 1. The number of aliphatic carboxylic acids is 1. The van der Waals surface area contributed by atoms with Gasteiger partial charge in [-0.05, 0) is 37.5 Å². The summed E-state index contributed by atoms with van der Waals surface area (Å²) in [4.78, 5) is 25.8. The second-order valence-corrected chi connectivity index (χ2v) is 6.60. The standard InChI is InChI=1S/C16H27NO4/c1-3-11-7-13(14(8-11)16(19)20)15(18)17(2)9-12-5-4-6-21-10-12/h11-14H,3-10H2,1-2H3,(H,19,20). The molecule has 0 bridgehead atoms. The van der Waals surface area contributed by atoms with Gasteiger partial charge in [0.2, 0.25) is 5.91 Å². The molecule has 4 atom stereocenters. The van der Waals surface area contributed by atoms with Crippen LogP contribution in [0, 0.1) is 23.7 Å². The Bertz CT molecular complexity index is 378. The zero-order valence-electron chi connectivity index (χ0n) is 13.1. The van der Waals surface area contributed by atoms with Crippen LogP contribution in [0.3, 0.4) is 0 Å². The second kappa shape index (κ2) is 7.25. The molecule has 1 saturated heterocycles. The maximum Gasteiger partial charge on any atom is 0.307 e. The second-order valence-electron chi connectivity index (χ2n) is 6.60. The molecule has 2 rings (SSSR count). The average molecular weight is 297 g/mol. The topological polar surface area (TPSA) is 66.8 Å². The molecule has 1 saturated carbocycles. The minimum absolute atomic E-state index is 0.00363. The van der Waals surface area contributed by atoms with E-state index in [1.807, 2.05) is 0 Å². The molecule has 5 heteroatoms. The molecule has 0 spiro atoms. The minimum atomic E-state index is -0.821. The predicted molar refractivity (Wildman–Crippen MR) is 78.8 cm³/mol. The molecular formula is C16H27NO4. The van der Waals surface area contributed by atoms with Crippen molar-refractivity contribution in [2.45, 2.75) is 39.0 Å². The minimum Gasteiger partial charge on any atom is -0.481 e. The maximum atomic E-state index is 12.6. The Morgan fingerprint density at radius 3 is 2.52 bits per heavy atom. The normalized spacial score (nSPS) is 32.9. The summed E-state index contributed by atoms with van der Waals surface area (Å²) in [6.07, 6.45) is 4.45. The third-order valence-electron chi connectivity index (χ3n) is 5.03. The third kappa shape index (κ3) is 3.96. The molecule has 1 aliphatic heterocycles. The molecule has 0 radical (unpaired) electrons. The fourth-order valence-electron chi connectivity index (χ4n) is 3.73. The van der Waals surface area contributed by atoms with Gasteiger partial charge in [0.1, 0.15) is 0 Å². The van der Waals surface area contributed by atoms with Crippen molar-refractivity contribution in [1.29, 1.82) is 0 Å². The van der Waals surface area contributed by atoms with Crippen LogP contribution in [0.4, 0.5) is 0 Å². The monoisotopic (exact) mass is 297 g/mol. The van der Waals surface area contributed by atoms with Gasteiger partial charge in [0.15, 0.2) is 0 Å². The molecule has 0 aromatic heterocycles. The molecular weight excluding hydrogens is 270 g/mol. The lowest BCUT2D eigenvalue weighted by molar-refractivity contribution is -0.149. The van der Waals surface area contributed by atoms with Gasteiger partial charge in [-0.1, -0.05) is 13.3 Å². The van der Waals surface area contributed by atoms with E-state index in [-0.39, 0.29) is 11.8 Å². The van der Waals surface area contributed by atoms with E-state index in [2.05, 4.69) is 6.92 Å². The van der Waals surface area contributed by atoms with E-state index in [1.54, 1.807) is 11.9 Å². The molecule has 2 aliphatic rings. The highest BCUT2D eigenvalue weighted by atomic mass is 16.5. The van der Waals surface area contributed by atoms with Crippen molar-refractivity contribution >= 4 is 11.9 Å². The third-order valence-corrected chi connectivity index (χ3v) is 5.03. The van der Waals surface area contributed by atoms with Crippen molar-refractivity contribution in [2.24, 2.45) is 23.7 Å². The highest BCUT2D eigenvalue weighted by Gasteiger charge is 2.43. The van der Waals surface area contributed by atoms with Gasteiger partial charge in [-0.25, -0.2) is 0 Å². The highest BCUT2D eigenvalue weighted by Crippen LogP contribution is 2.39. The molecule has 4 unspecified atom stereocenters. The Morgan fingerprint density at radius 1 is 1.24 bits per heavy atom.